The minimum absolute atomic E-state index is 0.0381. The van der Waals surface area contributed by atoms with Gasteiger partial charge >= 0.3 is 0 Å². The van der Waals surface area contributed by atoms with Gasteiger partial charge in [0.05, 0.1) is 10.9 Å². The van der Waals surface area contributed by atoms with Gasteiger partial charge in [0.25, 0.3) is 5.56 Å². The van der Waals surface area contributed by atoms with Crippen molar-refractivity contribution in [2.24, 2.45) is 0 Å². The monoisotopic (exact) mass is 341 g/mol. The number of nitrogens with zero attached hydrogens (tertiary/aromatic N) is 3. The van der Waals surface area contributed by atoms with Gasteiger partial charge in [0.15, 0.2) is 0 Å². The zero-order valence-electron chi connectivity index (χ0n) is 15.7. The average molecular weight is 341 g/mol. The van der Waals surface area contributed by atoms with Crippen LogP contribution in [0.1, 0.15) is 39.0 Å². The van der Waals surface area contributed by atoms with E-state index < -0.39 is 0 Å². The van der Waals surface area contributed by atoms with Crippen LogP contribution in [0.4, 0.5) is 5.82 Å². The maximum Gasteiger partial charge on any atom is 0.267 e. The van der Waals surface area contributed by atoms with Crippen LogP contribution in [-0.4, -0.2) is 28.0 Å². The predicted molar refractivity (Wildman–Crippen MR) is 104 cm³/mol. The van der Waals surface area contributed by atoms with Crippen molar-refractivity contribution in [3.8, 4) is 0 Å². The molecule has 0 atom stereocenters. The van der Waals surface area contributed by atoms with E-state index in [0.717, 1.165) is 30.0 Å². The second-order valence-corrected chi connectivity index (χ2v) is 5.13. The van der Waals surface area contributed by atoms with E-state index in [1.807, 2.05) is 59.0 Å². The Balaban J connectivity index is 0.000000528. The Morgan fingerprint density at radius 2 is 1.84 bits per heavy atom. The molecular weight excluding hydrogens is 314 g/mol. The summed E-state index contributed by atoms with van der Waals surface area (Å²) >= 11 is 0. The molecule has 0 unspecified atom stereocenters. The topological polar surface area (TPSA) is 71.3 Å². The number of benzene rings is 1. The summed E-state index contributed by atoms with van der Waals surface area (Å²) < 4.78 is 1.67. The normalized spacial score (nSPS) is 12.5. The van der Waals surface area contributed by atoms with E-state index in [-0.39, 0.29) is 5.56 Å². The van der Waals surface area contributed by atoms with E-state index in [4.69, 9.17) is 0 Å². The second-order valence-electron chi connectivity index (χ2n) is 5.13. The highest BCUT2D eigenvalue weighted by Gasteiger charge is 2.20. The van der Waals surface area contributed by atoms with Crippen molar-refractivity contribution >= 4 is 22.5 Å². The van der Waals surface area contributed by atoms with Crippen LogP contribution in [0, 0.1) is 0 Å². The summed E-state index contributed by atoms with van der Waals surface area (Å²) in [6.45, 7) is 9.57. The Labute approximate surface area is 148 Å². The van der Waals surface area contributed by atoms with Gasteiger partial charge in [0, 0.05) is 37.8 Å². The lowest BCUT2D eigenvalue weighted by Gasteiger charge is -2.21. The molecule has 0 radical (unpaired) electrons. The van der Waals surface area contributed by atoms with Gasteiger partial charge in [-0.15, -0.1) is 0 Å². The Morgan fingerprint density at radius 1 is 1.12 bits per heavy atom. The standard InChI is InChI=1S/C15H15N5O.2C2H6/c1-16-13-10-8-17-7-6-12(10)20-14(21)9-4-2-3-5-11(9)18-15(20)19-13;2*1-2/h2-5,17H,6-8H2,1H3,(H,16,18,19);2*1-2H3. The number of nitrogens with one attached hydrogen (secondary N) is 2. The van der Waals surface area contributed by atoms with Crippen LogP contribution in [0.2, 0.25) is 0 Å². The second kappa shape index (κ2) is 8.58. The highest BCUT2D eigenvalue weighted by molar-refractivity contribution is 5.79. The number of anilines is 1. The molecule has 0 bridgehead atoms. The first-order valence-corrected chi connectivity index (χ1v) is 9.01. The number of hydrogen-bond acceptors (Lipinski definition) is 5. The maximum atomic E-state index is 12.8. The van der Waals surface area contributed by atoms with Gasteiger partial charge in [-0.05, 0) is 12.1 Å². The first kappa shape index (κ1) is 18.9. The zero-order chi connectivity index (χ0) is 18.4. The molecule has 6 heteroatoms. The summed E-state index contributed by atoms with van der Waals surface area (Å²) in [6.07, 6.45) is 0.795. The fourth-order valence-corrected chi connectivity index (χ4v) is 2.95. The fourth-order valence-electron chi connectivity index (χ4n) is 2.95. The molecule has 4 rings (SSSR count). The Bertz CT molecular complexity index is 917. The molecule has 0 fully saturated rings. The quantitative estimate of drug-likeness (QED) is 0.666. The molecule has 3 heterocycles. The molecule has 0 spiro atoms. The van der Waals surface area contributed by atoms with Crippen molar-refractivity contribution in [3.05, 3.63) is 45.9 Å². The number of fused-ring (bicyclic) bond motifs is 4. The molecule has 1 aliphatic rings. The molecule has 134 valence electrons. The molecule has 0 saturated heterocycles. The molecule has 6 nitrogen and oxygen atoms in total. The largest absolute Gasteiger partial charge is 0.373 e. The SMILES string of the molecule is CC.CC.CNc1nc2nc3ccccc3c(=O)n2c2c1CNCC2. The smallest absolute Gasteiger partial charge is 0.267 e. The minimum atomic E-state index is -0.0381. The van der Waals surface area contributed by atoms with Crippen LogP contribution in [0.15, 0.2) is 29.1 Å². The van der Waals surface area contributed by atoms with Crippen molar-refractivity contribution in [1.29, 1.82) is 0 Å². The van der Waals surface area contributed by atoms with Gasteiger partial charge in [-0.2, -0.15) is 4.98 Å². The highest BCUT2D eigenvalue weighted by Crippen LogP contribution is 2.22. The summed E-state index contributed by atoms with van der Waals surface area (Å²) in [5, 5.41) is 7.06. The van der Waals surface area contributed by atoms with Crippen molar-refractivity contribution in [2.45, 2.75) is 40.7 Å². The van der Waals surface area contributed by atoms with Crippen LogP contribution >= 0.6 is 0 Å². The minimum Gasteiger partial charge on any atom is -0.373 e. The molecule has 1 aliphatic heterocycles. The highest BCUT2D eigenvalue weighted by atomic mass is 16.1. The number of para-hydroxylation sites is 1. The molecule has 0 saturated carbocycles. The Morgan fingerprint density at radius 3 is 2.56 bits per heavy atom. The van der Waals surface area contributed by atoms with E-state index in [1.54, 1.807) is 4.40 Å². The molecule has 2 N–H and O–H groups in total. The third-order valence-corrected chi connectivity index (χ3v) is 3.95. The van der Waals surface area contributed by atoms with E-state index in [0.29, 0.717) is 23.2 Å². The summed E-state index contributed by atoms with van der Waals surface area (Å²) in [6, 6.07) is 7.41. The lowest BCUT2D eigenvalue weighted by molar-refractivity contribution is 0.619. The number of hydrogen-bond donors (Lipinski definition) is 2. The maximum absolute atomic E-state index is 12.8. The van der Waals surface area contributed by atoms with Gasteiger partial charge in [0.2, 0.25) is 5.78 Å². The first-order valence-electron chi connectivity index (χ1n) is 9.01. The third-order valence-electron chi connectivity index (χ3n) is 3.95. The lowest BCUT2D eigenvalue weighted by Crippen LogP contribution is -2.31. The Kier molecular flexibility index (Phi) is 6.47. The molecule has 25 heavy (non-hydrogen) atoms. The van der Waals surface area contributed by atoms with Crippen LogP contribution in [0.25, 0.3) is 16.7 Å². The predicted octanol–water partition coefficient (Wildman–Crippen LogP) is 2.98. The average Bonchev–Trinajstić information content (AvgIpc) is 2.70. The number of rotatable bonds is 1. The van der Waals surface area contributed by atoms with Crippen LogP contribution < -0.4 is 16.2 Å². The first-order chi connectivity index (χ1) is 12.3. The zero-order valence-corrected chi connectivity index (χ0v) is 15.7. The van der Waals surface area contributed by atoms with Crippen molar-refractivity contribution < 1.29 is 0 Å². The number of aromatic nitrogens is 3. The van der Waals surface area contributed by atoms with E-state index in [2.05, 4.69) is 20.6 Å². The molecule has 3 aromatic rings. The Hall–Kier alpha value is -2.47. The van der Waals surface area contributed by atoms with E-state index in [1.165, 1.54) is 0 Å². The fraction of sp³-hybridized carbons (Fsp3) is 0.421. The van der Waals surface area contributed by atoms with Crippen molar-refractivity contribution in [2.75, 3.05) is 18.9 Å². The molecular formula is C19H27N5O. The van der Waals surface area contributed by atoms with Gasteiger partial charge in [0.1, 0.15) is 5.82 Å². The van der Waals surface area contributed by atoms with Crippen molar-refractivity contribution in [1.82, 2.24) is 19.7 Å². The van der Waals surface area contributed by atoms with Crippen LogP contribution in [0.5, 0.6) is 0 Å². The summed E-state index contributed by atoms with van der Waals surface area (Å²) in [5.41, 5.74) is 2.71. The third kappa shape index (κ3) is 3.35. The molecule has 0 aliphatic carbocycles. The van der Waals surface area contributed by atoms with Gasteiger partial charge in [-0.1, -0.05) is 39.8 Å². The van der Waals surface area contributed by atoms with Gasteiger partial charge in [-0.3, -0.25) is 4.79 Å². The van der Waals surface area contributed by atoms with E-state index >= 15 is 0 Å². The van der Waals surface area contributed by atoms with Gasteiger partial charge in [-0.25, -0.2) is 9.38 Å². The summed E-state index contributed by atoms with van der Waals surface area (Å²) in [7, 11) is 1.84. The lowest BCUT2D eigenvalue weighted by atomic mass is 10.1. The molecule has 2 aromatic heterocycles. The molecule has 1 aromatic carbocycles. The molecule has 0 amide bonds. The van der Waals surface area contributed by atoms with Gasteiger partial charge < -0.3 is 10.6 Å². The van der Waals surface area contributed by atoms with E-state index in [9.17, 15) is 4.79 Å². The summed E-state index contributed by atoms with van der Waals surface area (Å²) in [4.78, 5) is 21.9. The van der Waals surface area contributed by atoms with Crippen molar-refractivity contribution in [3.63, 3.8) is 0 Å². The van der Waals surface area contributed by atoms with Crippen LogP contribution in [0.3, 0.4) is 0 Å². The summed E-state index contributed by atoms with van der Waals surface area (Å²) in [5.74, 6) is 1.25. The van der Waals surface area contributed by atoms with Crippen LogP contribution in [-0.2, 0) is 13.0 Å².